The molecule has 1 aliphatic rings. The molecule has 3 N–H and O–H groups in total. The molecule has 1 aromatic carbocycles. The molecule has 0 saturated carbocycles. The number of aromatic nitrogens is 2. The van der Waals surface area contributed by atoms with E-state index in [9.17, 15) is 9.59 Å². The molecule has 0 bridgehead atoms. The van der Waals surface area contributed by atoms with Crippen LogP contribution in [0.3, 0.4) is 0 Å². The van der Waals surface area contributed by atoms with Gasteiger partial charge in [0.1, 0.15) is 6.33 Å². The van der Waals surface area contributed by atoms with Crippen LogP contribution in [-0.4, -0.2) is 33.4 Å². The summed E-state index contributed by atoms with van der Waals surface area (Å²) in [5.74, 6) is -0.0359. The van der Waals surface area contributed by atoms with Gasteiger partial charge in [-0.15, -0.1) is 0 Å². The molecule has 25 heavy (non-hydrogen) atoms. The Morgan fingerprint density at radius 3 is 2.92 bits per heavy atom. The number of nitrogens with one attached hydrogen (secondary N) is 1. The van der Waals surface area contributed by atoms with E-state index >= 15 is 0 Å². The van der Waals surface area contributed by atoms with Gasteiger partial charge >= 0.3 is 6.03 Å². The van der Waals surface area contributed by atoms with Gasteiger partial charge in [0.15, 0.2) is 0 Å². The summed E-state index contributed by atoms with van der Waals surface area (Å²) in [5, 5.41) is 2.69. The molecule has 0 unspecified atom stereocenters. The average Bonchev–Trinajstić information content (AvgIpc) is 2.60. The SMILES string of the molecule is Cc1ccccc1[C@@H](CC(=O)N1CCc2cncnc2C1)NC(N)=O. The van der Waals surface area contributed by atoms with E-state index in [1.165, 1.54) is 6.33 Å². The van der Waals surface area contributed by atoms with Gasteiger partial charge in [-0.1, -0.05) is 24.3 Å². The van der Waals surface area contributed by atoms with Crippen LogP contribution in [0.5, 0.6) is 0 Å². The molecular weight excluding hydrogens is 318 g/mol. The van der Waals surface area contributed by atoms with Gasteiger partial charge in [0.05, 0.1) is 24.7 Å². The predicted molar refractivity (Wildman–Crippen MR) is 92.4 cm³/mol. The summed E-state index contributed by atoms with van der Waals surface area (Å²) in [4.78, 5) is 34.2. The third-order valence-electron chi connectivity index (χ3n) is 4.48. The fourth-order valence-electron chi connectivity index (χ4n) is 3.16. The van der Waals surface area contributed by atoms with Crippen molar-refractivity contribution < 1.29 is 9.59 Å². The highest BCUT2D eigenvalue weighted by atomic mass is 16.2. The summed E-state index contributed by atoms with van der Waals surface area (Å²) in [7, 11) is 0. The van der Waals surface area contributed by atoms with Crippen LogP contribution in [0.25, 0.3) is 0 Å². The van der Waals surface area contributed by atoms with Crippen molar-refractivity contribution in [3.63, 3.8) is 0 Å². The summed E-state index contributed by atoms with van der Waals surface area (Å²) in [6.07, 6.45) is 4.20. The summed E-state index contributed by atoms with van der Waals surface area (Å²) >= 11 is 0. The Balaban J connectivity index is 1.75. The number of rotatable bonds is 4. The van der Waals surface area contributed by atoms with Crippen LogP contribution in [-0.2, 0) is 17.8 Å². The first-order valence-electron chi connectivity index (χ1n) is 8.21. The number of aryl methyl sites for hydroxylation is 1. The molecule has 0 saturated heterocycles. The number of hydrogen-bond acceptors (Lipinski definition) is 4. The number of nitrogens with zero attached hydrogens (tertiary/aromatic N) is 3. The van der Waals surface area contributed by atoms with Gasteiger partial charge in [-0.05, 0) is 30.0 Å². The van der Waals surface area contributed by atoms with Gasteiger partial charge in [0.25, 0.3) is 0 Å². The first-order valence-corrected chi connectivity index (χ1v) is 8.21. The van der Waals surface area contributed by atoms with Crippen LogP contribution in [0, 0.1) is 6.92 Å². The fraction of sp³-hybridized carbons (Fsp3) is 0.333. The molecule has 1 aromatic heterocycles. The number of fused-ring (bicyclic) bond motifs is 1. The Kier molecular flexibility index (Phi) is 4.92. The highest BCUT2D eigenvalue weighted by Crippen LogP contribution is 2.23. The van der Waals surface area contributed by atoms with Crippen LogP contribution >= 0.6 is 0 Å². The maximum absolute atomic E-state index is 12.8. The van der Waals surface area contributed by atoms with Crippen molar-refractivity contribution in [2.45, 2.75) is 32.4 Å². The largest absolute Gasteiger partial charge is 0.352 e. The quantitative estimate of drug-likeness (QED) is 0.880. The van der Waals surface area contributed by atoms with E-state index in [4.69, 9.17) is 5.73 Å². The third-order valence-corrected chi connectivity index (χ3v) is 4.48. The number of nitrogens with two attached hydrogens (primary N) is 1. The number of benzene rings is 1. The lowest BCUT2D eigenvalue weighted by atomic mass is 9.97. The third kappa shape index (κ3) is 3.93. The number of carbonyl (C=O) groups excluding carboxylic acids is 2. The topological polar surface area (TPSA) is 101 Å². The molecular formula is C18H21N5O2. The van der Waals surface area contributed by atoms with Crippen molar-refractivity contribution >= 4 is 11.9 Å². The normalized spacial score (nSPS) is 14.5. The Bertz CT molecular complexity index is 793. The van der Waals surface area contributed by atoms with Crippen LogP contribution in [0.2, 0.25) is 0 Å². The van der Waals surface area contributed by atoms with E-state index in [-0.39, 0.29) is 12.3 Å². The van der Waals surface area contributed by atoms with Crippen LogP contribution in [0.4, 0.5) is 4.79 Å². The molecule has 2 heterocycles. The Morgan fingerprint density at radius 1 is 1.36 bits per heavy atom. The van der Waals surface area contributed by atoms with Crippen molar-refractivity contribution in [1.82, 2.24) is 20.2 Å². The molecule has 0 radical (unpaired) electrons. The highest BCUT2D eigenvalue weighted by molar-refractivity contribution is 5.79. The second-order valence-corrected chi connectivity index (χ2v) is 6.18. The number of amides is 3. The first-order chi connectivity index (χ1) is 12.0. The van der Waals surface area contributed by atoms with E-state index in [1.54, 1.807) is 11.1 Å². The smallest absolute Gasteiger partial charge is 0.312 e. The lowest BCUT2D eigenvalue weighted by Crippen LogP contribution is -2.40. The van der Waals surface area contributed by atoms with Gasteiger partial charge in [-0.2, -0.15) is 0 Å². The molecule has 0 aliphatic carbocycles. The van der Waals surface area contributed by atoms with Crippen molar-refractivity contribution in [3.8, 4) is 0 Å². The number of primary amides is 1. The van der Waals surface area contributed by atoms with Crippen molar-refractivity contribution in [2.24, 2.45) is 5.73 Å². The first kappa shape index (κ1) is 16.9. The Hall–Kier alpha value is -2.96. The second kappa shape index (κ2) is 7.29. The van der Waals surface area contributed by atoms with E-state index in [0.717, 1.165) is 28.8 Å². The van der Waals surface area contributed by atoms with Crippen LogP contribution < -0.4 is 11.1 Å². The predicted octanol–water partition coefficient (Wildman–Crippen LogP) is 1.47. The molecule has 7 heteroatoms. The van der Waals surface area contributed by atoms with E-state index in [0.29, 0.717) is 13.1 Å². The summed E-state index contributed by atoms with van der Waals surface area (Å²) in [6.45, 7) is 3.04. The van der Waals surface area contributed by atoms with Gasteiger partial charge in [0.2, 0.25) is 5.91 Å². The van der Waals surface area contributed by atoms with Crippen molar-refractivity contribution in [1.29, 1.82) is 0 Å². The minimum atomic E-state index is -0.641. The van der Waals surface area contributed by atoms with E-state index in [1.807, 2.05) is 31.2 Å². The summed E-state index contributed by atoms with van der Waals surface area (Å²) < 4.78 is 0. The van der Waals surface area contributed by atoms with Gasteiger partial charge in [-0.25, -0.2) is 14.8 Å². The maximum atomic E-state index is 12.8. The monoisotopic (exact) mass is 339 g/mol. The summed E-state index contributed by atoms with van der Waals surface area (Å²) in [5.41, 5.74) is 9.17. The fourth-order valence-corrected chi connectivity index (χ4v) is 3.16. The minimum absolute atomic E-state index is 0.0359. The zero-order chi connectivity index (χ0) is 17.8. The van der Waals surface area contributed by atoms with Crippen molar-refractivity contribution in [2.75, 3.05) is 6.54 Å². The lowest BCUT2D eigenvalue weighted by Gasteiger charge is -2.29. The van der Waals surface area contributed by atoms with Crippen LogP contribution in [0.15, 0.2) is 36.8 Å². The molecule has 2 aromatic rings. The number of carbonyl (C=O) groups is 2. The van der Waals surface area contributed by atoms with Crippen molar-refractivity contribution in [3.05, 3.63) is 59.2 Å². The Labute approximate surface area is 146 Å². The maximum Gasteiger partial charge on any atom is 0.312 e. The molecule has 7 nitrogen and oxygen atoms in total. The second-order valence-electron chi connectivity index (χ2n) is 6.18. The zero-order valence-electron chi connectivity index (χ0n) is 14.1. The van der Waals surface area contributed by atoms with Gasteiger partial charge < -0.3 is 16.0 Å². The Morgan fingerprint density at radius 2 is 2.16 bits per heavy atom. The molecule has 0 spiro atoms. The number of hydrogen-bond donors (Lipinski definition) is 2. The van der Waals surface area contributed by atoms with Gasteiger partial charge in [-0.3, -0.25) is 4.79 Å². The molecule has 3 rings (SSSR count). The van der Waals surface area contributed by atoms with Gasteiger partial charge in [0, 0.05) is 12.7 Å². The van der Waals surface area contributed by atoms with Crippen LogP contribution in [0.1, 0.15) is 34.8 Å². The minimum Gasteiger partial charge on any atom is -0.352 e. The standard InChI is InChI=1S/C18H21N5O2/c1-12-4-2-3-5-14(12)15(22-18(19)25)8-17(24)23-7-6-13-9-20-11-21-16(13)10-23/h2-5,9,11,15H,6-8,10H2,1H3,(H3,19,22,25)/t15-/m1/s1. The zero-order valence-corrected chi connectivity index (χ0v) is 14.1. The summed E-state index contributed by atoms with van der Waals surface area (Å²) in [6, 6.07) is 6.57. The molecule has 1 atom stereocenters. The molecule has 1 aliphatic heterocycles. The highest BCUT2D eigenvalue weighted by Gasteiger charge is 2.26. The van der Waals surface area contributed by atoms with E-state index in [2.05, 4.69) is 15.3 Å². The lowest BCUT2D eigenvalue weighted by molar-refractivity contribution is -0.132. The molecule has 0 fully saturated rings. The molecule has 3 amide bonds. The average molecular weight is 339 g/mol. The molecule has 130 valence electrons. The van der Waals surface area contributed by atoms with E-state index < -0.39 is 12.1 Å². The number of urea groups is 1.